The van der Waals surface area contributed by atoms with Crippen LogP contribution in [0.1, 0.15) is 13.8 Å². The summed E-state index contributed by atoms with van der Waals surface area (Å²) in [5.74, 6) is -0.159. The molecule has 8 heteroatoms. The lowest BCUT2D eigenvalue weighted by atomic mass is 10.3. The molecule has 0 aliphatic rings. The van der Waals surface area contributed by atoms with Gasteiger partial charge < -0.3 is 10.6 Å². The molecular weight excluding hydrogens is 342 g/mol. The number of benzene rings is 1. The van der Waals surface area contributed by atoms with Gasteiger partial charge in [-0.15, -0.1) is 11.3 Å². The zero-order valence-corrected chi connectivity index (χ0v) is 14.6. The summed E-state index contributed by atoms with van der Waals surface area (Å²) in [6.07, 6.45) is 0. The molecule has 0 aliphatic heterocycles. The molecule has 1 aromatic carbocycles. The van der Waals surface area contributed by atoms with Crippen molar-refractivity contribution in [3.63, 3.8) is 0 Å². The zero-order valence-electron chi connectivity index (χ0n) is 12.2. The Bertz CT molecular complexity index is 690. The summed E-state index contributed by atoms with van der Waals surface area (Å²) >= 11 is 8.79. The highest BCUT2D eigenvalue weighted by molar-refractivity contribution is 8.01. The average molecular weight is 358 g/mol. The number of halogens is 1. The van der Waals surface area contributed by atoms with Gasteiger partial charge in [-0.3, -0.25) is 9.59 Å². The minimum absolute atomic E-state index is 0.185. The first-order chi connectivity index (χ1) is 10.5. The predicted molar refractivity (Wildman–Crippen MR) is 91.6 cm³/mol. The van der Waals surface area contributed by atoms with E-state index in [1.807, 2.05) is 19.1 Å². The molecular formula is C14H16ClN3O2S2. The number of likely N-dealkylation sites (N-methyl/N-ethyl adjacent to an activating group) is 1. The first-order valence-electron chi connectivity index (χ1n) is 6.75. The minimum Gasteiger partial charge on any atom is -0.355 e. The van der Waals surface area contributed by atoms with Crippen molar-refractivity contribution in [1.82, 2.24) is 15.6 Å². The van der Waals surface area contributed by atoms with E-state index in [1.54, 1.807) is 13.0 Å². The Morgan fingerprint density at radius 3 is 2.95 bits per heavy atom. The SMILES string of the molecule is CCNC(=O)[C@H](C)NC(=O)CSc1nc2cc(Cl)ccc2s1. The normalized spacial score (nSPS) is 12.1. The van der Waals surface area contributed by atoms with Crippen LogP contribution in [0.25, 0.3) is 10.2 Å². The third-order valence-corrected chi connectivity index (χ3v) is 5.19. The molecule has 0 bridgehead atoms. The van der Waals surface area contributed by atoms with E-state index in [0.717, 1.165) is 14.6 Å². The highest BCUT2D eigenvalue weighted by Crippen LogP contribution is 2.30. The average Bonchev–Trinajstić information content (AvgIpc) is 2.87. The first kappa shape index (κ1) is 17.1. The molecule has 2 aromatic rings. The van der Waals surface area contributed by atoms with E-state index in [1.165, 1.54) is 23.1 Å². The van der Waals surface area contributed by atoms with Gasteiger partial charge in [0.2, 0.25) is 11.8 Å². The lowest BCUT2D eigenvalue weighted by molar-refractivity contribution is -0.127. The molecule has 118 valence electrons. The van der Waals surface area contributed by atoms with Crippen molar-refractivity contribution in [3.8, 4) is 0 Å². The van der Waals surface area contributed by atoms with Crippen molar-refractivity contribution >= 4 is 56.7 Å². The van der Waals surface area contributed by atoms with Crippen LogP contribution in [0.15, 0.2) is 22.5 Å². The largest absolute Gasteiger partial charge is 0.355 e. The van der Waals surface area contributed by atoms with Crippen LogP contribution in [0.5, 0.6) is 0 Å². The topological polar surface area (TPSA) is 71.1 Å². The molecule has 2 rings (SSSR count). The highest BCUT2D eigenvalue weighted by Gasteiger charge is 2.15. The monoisotopic (exact) mass is 357 g/mol. The van der Waals surface area contributed by atoms with E-state index in [9.17, 15) is 9.59 Å². The number of hydrogen-bond acceptors (Lipinski definition) is 5. The number of thioether (sulfide) groups is 1. The lowest BCUT2D eigenvalue weighted by Crippen LogP contribution is -2.45. The van der Waals surface area contributed by atoms with Crippen molar-refractivity contribution in [2.24, 2.45) is 0 Å². The van der Waals surface area contributed by atoms with Crippen LogP contribution in [-0.2, 0) is 9.59 Å². The van der Waals surface area contributed by atoms with Gasteiger partial charge >= 0.3 is 0 Å². The van der Waals surface area contributed by atoms with E-state index >= 15 is 0 Å². The summed E-state index contributed by atoms with van der Waals surface area (Å²) in [7, 11) is 0. The Balaban J connectivity index is 1.88. The predicted octanol–water partition coefficient (Wildman–Crippen LogP) is 2.68. The molecule has 0 saturated carbocycles. The molecule has 1 atom stereocenters. The van der Waals surface area contributed by atoms with Crippen LogP contribution in [0.4, 0.5) is 0 Å². The summed E-state index contributed by atoms with van der Waals surface area (Å²) in [5, 5.41) is 5.97. The van der Waals surface area contributed by atoms with Crippen LogP contribution < -0.4 is 10.6 Å². The van der Waals surface area contributed by atoms with Gasteiger partial charge in [-0.25, -0.2) is 4.98 Å². The molecule has 0 aliphatic carbocycles. The fourth-order valence-corrected chi connectivity index (χ4v) is 3.77. The summed E-state index contributed by atoms with van der Waals surface area (Å²) in [5.41, 5.74) is 0.830. The Hall–Kier alpha value is -1.31. The molecule has 0 saturated heterocycles. The number of carbonyl (C=O) groups excluding carboxylic acids is 2. The van der Waals surface area contributed by atoms with Crippen molar-refractivity contribution in [1.29, 1.82) is 0 Å². The van der Waals surface area contributed by atoms with E-state index in [4.69, 9.17) is 11.6 Å². The molecule has 1 heterocycles. The number of carbonyl (C=O) groups is 2. The van der Waals surface area contributed by atoms with Gasteiger partial charge in [-0.2, -0.15) is 0 Å². The van der Waals surface area contributed by atoms with Gasteiger partial charge in [0.05, 0.1) is 16.0 Å². The summed E-state index contributed by atoms with van der Waals surface area (Å²) in [4.78, 5) is 27.8. The quantitative estimate of drug-likeness (QED) is 0.780. The van der Waals surface area contributed by atoms with E-state index in [2.05, 4.69) is 15.6 Å². The van der Waals surface area contributed by atoms with E-state index in [-0.39, 0.29) is 17.6 Å². The van der Waals surface area contributed by atoms with Gasteiger partial charge in [0, 0.05) is 11.6 Å². The summed E-state index contributed by atoms with van der Waals surface area (Å²) < 4.78 is 1.83. The molecule has 0 spiro atoms. The molecule has 2 N–H and O–H groups in total. The van der Waals surface area contributed by atoms with E-state index in [0.29, 0.717) is 11.6 Å². The van der Waals surface area contributed by atoms with Gasteiger partial charge in [-0.05, 0) is 32.0 Å². The molecule has 0 fully saturated rings. The maximum absolute atomic E-state index is 11.8. The minimum atomic E-state index is -0.540. The molecule has 0 radical (unpaired) electrons. The van der Waals surface area contributed by atoms with Gasteiger partial charge in [-0.1, -0.05) is 23.4 Å². The second kappa shape index (κ2) is 7.80. The molecule has 22 heavy (non-hydrogen) atoms. The maximum Gasteiger partial charge on any atom is 0.242 e. The Labute approximate surface area is 141 Å². The second-order valence-electron chi connectivity index (χ2n) is 4.56. The highest BCUT2D eigenvalue weighted by atomic mass is 35.5. The number of rotatable bonds is 6. The van der Waals surface area contributed by atoms with Crippen LogP contribution in [0, 0.1) is 0 Å². The van der Waals surface area contributed by atoms with Crippen LogP contribution in [-0.4, -0.2) is 35.1 Å². The number of nitrogens with zero attached hydrogens (tertiary/aromatic N) is 1. The maximum atomic E-state index is 11.8. The number of nitrogens with one attached hydrogen (secondary N) is 2. The third-order valence-electron chi connectivity index (χ3n) is 2.78. The van der Waals surface area contributed by atoms with Crippen LogP contribution in [0.3, 0.4) is 0 Å². The van der Waals surface area contributed by atoms with Crippen molar-refractivity contribution in [2.75, 3.05) is 12.3 Å². The lowest BCUT2D eigenvalue weighted by Gasteiger charge is -2.12. The fraction of sp³-hybridized carbons (Fsp3) is 0.357. The second-order valence-corrected chi connectivity index (χ2v) is 7.25. The van der Waals surface area contributed by atoms with Crippen LogP contribution >= 0.6 is 34.7 Å². The number of fused-ring (bicyclic) bond motifs is 1. The van der Waals surface area contributed by atoms with Crippen molar-refractivity contribution in [2.45, 2.75) is 24.2 Å². The van der Waals surface area contributed by atoms with Gasteiger partial charge in [0.25, 0.3) is 0 Å². The molecule has 0 unspecified atom stereocenters. The third kappa shape index (κ3) is 4.59. The molecule has 5 nitrogen and oxygen atoms in total. The Morgan fingerprint density at radius 2 is 2.23 bits per heavy atom. The standard InChI is InChI=1S/C14H16ClN3O2S2/c1-3-16-13(20)8(2)17-12(19)7-21-14-18-10-6-9(15)4-5-11(10)22-14/h4-6,8H,3,7H2,1-2H3,(H,16,20)(H,17,19)/t8-/m0/s1. The summed E-state index contributed by atoms with van der Waals surface area (Å²) in [6.45, 7) is 4.04. The smallest absolute Gasteiger partial charge is 0.242 e. The number of aromatic nitrogens is 1. The van der Waals surface area contributed by atoms with Crippen molar-refractivity contribution in [3.05, 3.63) is 23.2 Å². The van der Waals surface area contributed by atoms with E-state index < -0.39 is 6.04 Å². The van der Waals surface area contributed by atoms with Gasteiger partial charge in [0.1, 0.15) is 6.04 Å². The summed E-state index contributed by atoms with van der Waals surface area (Å²) in [6, 6.07) is 4.99. The molecule has 1 aromatic heterocycles. The fourth-order valence-electron chi connectivity index (χ4n) is 1.74. The number of amides is 2. The first-order valence-corrected chi connectivity index (χ1v) is 8.93. The number of thiazole rings is 1. The Morgan fingerprint density at radius 1 is 1.45 bits per heavy atom. The zero-order chi connectivity index (χ0) is 16.1. The number of hydrogen-bond donors (Lipinski definition) is 2. The van der Waals surface area contributed by atoms with Gasteiger partial charge in [0.15, 0.2) is 4.34 Å². The molecule has 2 amide bonds. The van der Waals surface area contributed by atoms with Crippen LogP contribution in [0.2, 0.25) is 5.02 Å². The van der Waals surface area contributed by atoms with Crippen molar-refractivity contribution < 1.29 is 9.59 Å². The Kier molecular flexibility index (Phi) is 6.05.